The lowest BCUT2D eigenvalue weighted by Gasteiger charge is -2.14. The summed E-state index contributed by atoms with van der Waals surface area (Å²) in [5, 5.41) is 0. The monoisotopic (exact) mass is 202 g/mol. The van der Waals surface area contributed by atoms with E-state index in [-0.39, 0.29) is 11.8 Å². The van der Waals surface area contributed by atoms with Gasteiger partial charge in [-0.15, -0.1) is 0 Å². The number of carbonyl (C=O) groups is 2. The third kappa shape index (κ3) is 1.67. The Labute approximate surface area is 87.0 Å². The molecule has 4 heteroatoms. The Morgan fingerprint density at radius 2 is 1.80 bits per heavy atom. The first-order valence-electron chi connectivity index (χ1n) is 4.57. The molecule has 2 N–H and O–H groups in total. The van der Waals surface area contributed by atoms with Crippen LogP contribution in [0, 0.1) is 0 Å². The zero-order chi connectivity index (χ0) is 10.8. The van der Waals surface area contributed by atoms with Crippen molar-refractivity contribution in [2.24, 2.45) is 5.73 Å². The van der Waals surface area contributed by atoms with Gasteiger partial charge in [-0.1, -0.05) is 12.1 Å². The minimum atomic E-state index is -0.311. The van der Waals surface area contributed by atoms with E-state index in [0.717, 1.165) is 10.5 Å². The second kappa shape index (κ2) is 3.67. The molecule has 0 saturated carbocycles. The normalized spacial score (nSPS) is 15.1. The lowest BCUT2D eigenvalue weighted by atomic mass is 10.2. The van der Waals surface area contributed by atoms with Gasteiger partial charge in [0.05, 0.1) is 5.69 Å². The van der Waals surface area contributed by atoms with E-state index in [1.165, 1.54) is 12.2 Å². The summed E-state index contributed by atoms with van der Waals surface area (Å²) in [5.74, 6) is -0.622. The van der Waals surface area contributed by atoms with Crippen molar-refractivity contribution in [3.63, 3.8) is 0 Å². The number of rotatable bonds is 2. The van der Waals surface area contributed by atoms with Gasteiger partial charge in [-0.2, -0.15) is 0 Å². The average molecular weight is 202 g/mol. The molecule has 0 bridgehead atoms. The van der Waals surface area contributed by atoms with E-state index in [1.54, 1.807) is 18.2 Å². The highest BCUT2D eigenvalue weighted by atomic mass is 16.2. The third-order valence-corrected chi connectivity index (χ3v) is 2.21. The van der Waals surface area contributed by atoms with Crippen molar-refractivity contribution in [1.29, 1.82) is 0 Å². The molecule has 0 fully saturated rings. The molecule has 0 aliphatic carbocycles. The molecular formula is C11H10N2O2. The number of nitrogens with zero attached hydrogens (tertiary/aromatic N) is 1. The molecular weight excluding hydrogens is 192 g/mol. The highest BCUT2D eigenvalue weighted by molar-refractivity contribution is 6.28. The van der Waals surface area contributed by atoms with Crippen LogP contribution in [0.15, 0.2) is 36.4 Å². The molecule has 2 rings (SSSR count). The standard InChI is InChI=1S/C11H10N2O2/c12-7-8-2-1-3-9(6-8)13-10(14)4-5-11(13)15/h1-6H,7,12H2. The van der Waals surface area contributed by atoms with Crippen molar-refractivity contribution in [2.75, 3.05) is 4.90 Å². The zero-order valence-corrected chi connectivity index (χ0v) is 8.01. The second-order valence-corrected chi connectivity index (χ2v) is 3.22. The predicted molar refractivity (Wildman–Crippen MR) is 56.0 cm³/mol. The summed E-state index contributed by atoms with van der Waals surface area (Å²) in [6, 6.07) is 7.07. The van der Waals surface area contributed by atoms with Gasteiger partial charge in [0.1, 0.15) is 0 Å². The molecule has 0 aromatic heterocycles. The van der Waals surface area contributed by atoms with Crippen LogP contribution in [0.1, 0.15) is 5.56 Å². The van der Waals surface area contributed by atoms with Crippen LogP contribution in [0.5, 0.6) is 0 Å². The zero-order valence-electron chi connectivity index (χ0n) is 8.01. The Morgan fingerprint density at radius 1 is 1.13 bits per heavy atom. The Morgan fingerprint density at radius 3 is 2.40 bits per heavy atom. The van der Waals surface area contributed by atoms with Crippen LogP contribution in [0.25, 0.3) is 0 Å². The average Bonchev–Trinajstić information content (AvgIpc) is 2.59. The number of carbonyl (C=O) groups excluding carboxylic acids is 2. The Balaban J connectivity index is 2.37. The highest BCUT2D eigenvalue weighted by Crippen LogP contribution is 2.19. The van der Waals surface area contributed by atoms with Crippen molar-refractivity contribution < 1.29 is 9.59 Å². The van der Waals surface area contributed by atoms with Crippen molar-refractivity contribution in [3.05, 3.63) is 42.0 Å². The molecule has 15 heavy (non-hydrogen) atoms. The molecule has 1 heterocycles. The van der Waals surface area contributed by atoms with Crippen LogP contribution in [0.3, 0.4) is 0 Å². The molecule has 0 radical (unpaired) electrons. The maximum absolute atomic E-state index is 11.4. The van der Waals surface area contributed by atoms with Gasteiger partial charge in [-0.25, -0.2) is 4.90 Å². The summed E-state index contributed by atoms with van der Waals surface area (Å²) in [4.78, 5) is 23.9. The maximum Gasteiger partial charge on any atom is 0.258 e. The first-order chi connectivity index (χ1) is 7.22. The Kier molecular flexibility index (Phi) is 2.35. The van der Waals surface area contributed by atoms with Crippen molar-refractivity contribution in [2.45, 2.75) is 6.54 Å². The van der Waals surface area contributed by atoms with E-state index in [0.29, 0.717) is 12.2 Å². The number of benzene rings is 1. The van der Waals surface area contributed by atoms with Crippen LogP contribution < -0.4 is 10.6 Å². The van der Waals surface area contributed by atoms with Crippen LogP contribution in [-0.4, -0.2) is 11.8 Å². The van der Waals surface area contributed by atoms with Crippen molar-refractivity contribution in [3.8, 4) is 0 Å². The van der Waals surface area contributed by atoms with Crippen LogP contribution in [0.4, 0.5) is 5.69 Å². The van der Waals surface area contributed by atoms with Crippen molar-refractivity contribution in [1.82, 2.24) is 0 Å². The van der Waals surface area contributed by atoms with Crippen LogP contribution in [0.2, 0.25) is 0 Å². The fourth-order valence-electron chi connectivity index (χ4n) is 1.48. The van der Waals surface area contributed by atoms with Gasteiger partial charge in [-0.05, 0) is 17.7 Å². The van der Waals surface area contributed by atoms with Gasteiger partial charge in [0.25, 0.3) is 11.8 Å². The number of nitrogens with two attached hydrogens (primary N) is 1. The van der Waals surface area contributed by atoms with Gasteiger partial charge in [0.2, 0.25) is 0 Å². The lowest BCUT2D eigenvalue weighted by molar-refractivity contribution is -0.119. The van der Waals surface area contributed by atoms with E-state index in [4.69, 9.17) is 5.73 Å². The molecule has 1 aromatic carbocycles. The number of hydrogen-bond donors (Lipinski definition) is 1. The van der Waals surface area contributed by atoms with E-state index in [2.05, 4.69) is 0 Å². The number of amides is 2. The Hall–Kier alpha value is -1.94. The molecule has 0 saturated heterocycles. The quantitative estimate of drug-likeness (QED) is 0.713. The van der Waals surface area contributed by atoms with E-state index in [1.807, 2.05) is 6.07 Å². The SMILES string of the molecule is NCc1cccc(N2C(=O)C=CC2=O)c1. The highest BCUT2D eigenvalue weighted by Gasteiger charge is 2.24. The molecule has 1 aliphatic rings. The molecule has 0 unspecified atom stereocenters. The summed E-state index contributed by atoms with van der Waals surface area (Å²) >= 11 is 0. The summed E-state index contributed by atoms with van der Waals surface area (Å²) in [6.07, 6.45) is 2.52. The Bertz CT molecular complexity index is 434. The van der Waals surface area contributed by atoms with Gasteiger partial charge in [0.15, 0.2) is 0 Å². The maximum atomic E-state index is 11.4. The van der Waals surface area contributed by atoms with Gasteiger partial charge >= 0.3 is 0 Å². The molecule has 1 aromatic rings. The van der Waals surface area contributed by atoms with Gasteiger partial charge < -0.3 is 5.73 Å². The summed E-state index contributed by atoms with van der Waals surface area (Å²) in [7, 11) is 0. The lowest BCUT2D eigenvalue weighted by Crippen LogP contribution is -2.29. The molecule has 76 valence electrons. The smallest absolute Gasteiger partial charge is 0.258 e. The fraction of sp³-hybridized carbons (Fsp3) is 0.0909. The minimum Gasteiger partial charge on any atom is -0.326 e. The predicted octanol–water partition coefficient (Wildman–Crippen LogP) is 0.575. The van der Waals surface area contributed by atoms with Crippen molar-refractivity contribution >= 4 is 17.5 Å². The third-order valence-electron chi connectivity index (χ3n) is 2.21. The largest absolute Gasteiger partial charge is 0.326 e. The van der Waals surface area contributed by atoms with Crippen LogP contribution >= 0.6 is 0 Å². The molecule has 2 amide bonds. The first kappa shape index (κ1) is 9.61. The number of anilines is 1. The first-order valence-corrected chi connectivity index (χ1v) is 4.57. The van der Waals surface area contributed by atoms with E-state index in [9.17, 15) is 9.59 Å². The second-order valence-electron chi connectivity index (χ2n) is 3.22. The summed E-state index contributed by atoms with van der Waals surface area (Å²) in [5.41, 5.74) is 6.94. The molecule has 4 nitrogen and oxygen atoms in total. The van der Waals surface area contributed by atoms with Gasteiger partial charge in [-0.3, -0.25) is 9.59 Å². The number of hydrogen-bond acceptors (Lipinski definition) is 3. The molecule has 1 aliphatic heterocycles. The fourth-order valence-corrected chi connectivity index (χ4v) is 1.48. The minimum absolute atomic E-state index is 0.311. The molecule has 0 atom stereocenters. The van der Waals surface area contributed by atoms with Gasteiger partial charge in [0, 0.05) is 18.7 Å². The van der Waals surface area contributed by atoms with E-state index >= 15 is 0 Å². The topological polar surface area (TPSA) is 63.4 Å². The number of imide groups is 1. The summed E-state index contributed by atoms with van der Waals surface area (Å²) < 4.78 is 0. The van der Waals surface area contributed by atoms with Crippen LogP contribution in [-0.2, 0) is 16.1 Å². The summed E-state index contributed by atoms with van der Waals surface area (Å²) in [6.45, 7) is 0.386. The van der Waals surface area contributed by atoms with E-state index < -0.39 is 0 Å². The molecule has 0 spiro atoms.